The van der Waals surface area contributed by atoms with Crippen LogP contribution in [0.1, 0.15) is 27.7 Å². The number of halogens is 1. The van der Waals surface area contributed by atoms with Crippen LogP contribution < -0.4 is 0 Å². The Morgan fingerprint density at radius 1 is 1.27 bits per heavy atom. The molecule has 1 amide bonds. The van der Waals surface area contributed by atoms with Gasteiger partial charge in [0.2, 0.25) is 0 Å². The predicted molar refractivity (Wildman–Crippen MR) is 109 cm³/mol. The average Bonchev–Trinajstić information content (AvgIpc) is 3.39. The molecular weight excluding hydrogens is 385 g/mol. The molecule has 0 unspecified atom stereocenters. The zero-order valence-electron chi connectivity index (χ0n) is 16.4. The topological polar surface area (TPSA) is 86.9 Å². The number of benzene rings is 1. The van der Waals surface area contributed by atoms with Crippen molar-refractivity contribution in [1.29, 1.82) is 0 Å². The number of hydrogen-bond acceptors (Lipinski definition) is 4. The molecule has 8 heteroatoms. The van der Waals surface area contributed by atoms with Gasteiger partial charge in [-0.1, -0.05) is 18.2 Å². The van der Waals surface area contributed by atoms with E-state index in [0.29, 0.717) is 29.9 Å². The number of carbonyl (C=O) groups excluding carboxylic acids is 1. The van der Waals surface area contributed by atoms with Crippen LogP contribution in [0.5, 0.6) is 0 Å². The van der Waals surface area contributed by atoms with Crippen molar-refractivity contribution in [3.05, 3.63) is 71.4 Å². The summed E-state index contributed by atoms with van der Waals surface area (Å²) in [6.45, 7) is 3.00. The summed E-state index contributed by atoms with van der Waals surface area (Å²) < 4.78 is 20.0. The summed E-state index contributed by atoms with van der Waals surface area (Å²) in [5.74, 6) is -0.515. The molecular formula is C22H20FN5O2. The van der Waals surface area contributed by atoms with E-state index in [4.69, 9.17) is 4.74 Å². The molecule has 4 heterocycles. The van der Waals surface area contributed by atoms with Crippen molar-refractivity contribution in [1.82, 2.24) is 25.1 Å². The molecule has 0 saturated carbocycles. The van der Waals surface area contributed by atoms with Crippen molar-refractivity contribution in [3.63, 3.8) is 0 Å². The summed E-state index contributed by atoms with van der Waals surface area (Å²) in [5.41, 5.74) is 4.19. The van der Waals surface area contributed by atoms with E-state index in [-0.39, 0.29) is 18.3 Å². The van der Waals surface area contributed by atoms with E-state index in [1.165, 1.54) is 6.07 Å². The fourth-order valence-electron chi connectivity index (χ4n) is 3.95. The highest BCUT2D eigenvalue weighted by Gasteiger charge is 2.32. The first-order chi connectivity index (χ1) is 14.6. The summed E-state index contributed by atoms with van der Waals surface area (Å²) >= 11 is 0. The standard InChI is InChI=1S/C22H20FN5O2/c1-13-16(11-25-27-13)19-7-6-14-17(10-24-21(14)26-19)22(29)28-8-9-30-12-20(28)15-4-2-3-5-18(15)23/h2-7,10-11,20H,8-9,12H2,1H3,(H,24,26)(H,25,27)/t20-/m1/s1. The van der Waals surface area contributed by atoms with Crippen LogP contribution in [0, 0.1) is 12.7 Å². The van der Waals surface area contributed by atoms with Crippen LogP contribution in [0.25, 0.3) is 22.3 Å². The molecule has 1 saturated heterocycles. The Balaban J connectivity index is 1.50. The fourth-order valence-corrected chi connectivity index (χ4v) is 3.95. The third-order valence-electron chi connectivity index (χ3n) is 5.53. The number of ether oxygens (including phenoxy) is 1. The minimum Gasteiger partial charge on any atom is -0.377 e. The summed E-state index contributed by atoms with van der Waals surface area (Å²) in [6, 6.07) is 9.79. The minimum absolute atomic E-state index is 0.174. The van der Waals surface area contributed by atoms with Crippen LogP contribution in [0.2, 0.25) is 0 Å². The molecule has 7 nitrogen and oxygen atoms in total. The Labute approximate surface area is 171 Å². The van der Waals surface area contributed by atoms with Gasteiger partial charge in [0.25, 0.3) is 5.91 Å². The summed E-state index contributed by atoms with van der Waals surface area (Å²) in [5, 5.41) is 7.67. The maximum absolute atomic E-state index is 14.4. The number of amides is 1. The first kappa shape index (κ1) is 18.5. The number of morpholine rings is 1. The quantitative estimate of drug-likeness (QED) is 0.545. The molecule has 4 aromatic rings. The van der Waals surface area contributed by atoms with Crippen molar-refractivity contribution in [3.8, 4) is 11.3 Å². The summed E-state index contributed by atoms with van der Waals surface area (Å²) in [4.78, 5) is 22.9. The van der Waals surface area contributed by atoms with E-state index in [2.05, 4.69) is 20.2 Å². The molecule has 2 N–H and O–H groups in total. The number of nitrogens with zero attached hydrogens (tertiary/aromatic N) is 3. The molecule has 1 aliphatic rings. The van der Waals surface area contributed by atoms with Crippen LogP contribution >= 0.6 is 0 Å². The lowest BCUT2D eigenvalue weighted by Gasteiger charge is -2.36. The Hall–Kier alpha value is -3.52. The molecule has 0 spiro atoms. The first-order valence-electron chi connectivity index (χ1n) is 9.75. The lowest BCUT2D eigenvalue weighted by atomic mass is 10.0. The lowest BCUT2D eigenvalue weighted by molar-refractivity contribution is -0.00352. The molecule has 0 bridgehead atoms. The third-order valence-corrected chi connectivity index (χ3v) is 5.53. The van der Waals surface area contributed by atoms with Gasteiger partial charge in [-0.15, -0.1) is 0 Å². The highest BCUT2D eigenvalue weighted by molar-refractivity contribution is 6.06. The monoisotopic (exact) mass is 405 g/mol. The van der Waals surface area contributed by atoms with E-state index < -0.39 is 6.04 Å². The van der Waals surface area contributed by atoms with Crippen molar-refractivity contribution >= 4 is 16.9 Å². The largest absolute Gasteiger partial charge is 0.377 e. The number of H-pyrrole nitrogens is 2. The smallest absolute Gasteiger partial charge is 0.256 e. The second kappa shape index (κ2) is 7.38. The van der Waals surface area contributed by atoms with Gasteiger partial charge in [-0.2, -0.15) is 5.10 Å². The second-order valence-electron chi connectivity index (χ2n) is 7.31. The first-order valence-corrected chi connectivity index (χ1v) is 9.75. The van der Waals surface area contributed by atoms with Crippen LogP contribution in [-0.4, -0.2) is 50.7 Å². The number of hydrogen-bond donors (Lipinski definition) is 2. The number of aromatic nitrogens is 4. The van der Waals surface area contributed by atoms with Crippen LogP contribution in [-0.2, 0) is 4.74 Å². The molecule has 152 valence electrons. The Kier molecular flexibility index (Phi) is 4.55. The van der Waals surface area contributed by atoms with Crippen molar-refractivity contribution < 1.29 is 13.9 Å². The molecule has 3 aromatic heterocycles. The Morgan fingerprint density at radius 2 is 2.13 bits per heavy atom. The SMILES string of the molecule is Cc1[nH]ncc1-c1ccc2c(C(=O)N3CCOC[C@@H]3c3ccccc3F)c[nH]c2n1. The van der Waals surface area contributed by atoms with Gasteiger partial charge < -0.3 is 14.6 Å². The molecule has 0 aliphatic carbocycles. The number of aryl methyl sites for hydroxylation is 1. The highest BCUT2D eigenvalue weighted by atomic mass is 19.1. The van der Waals surface area contributed by atoms with Gasteiger partial charge in [0.15, 0.2) is 0 Å². The maximum atomic E-state index is 14.4. The maximum Gasteiger partial charge on any atom is 0.256 e. The number of pyridine rings is 1. The van der Waals surface area contributed by atoms with E-state index >= 15 is 0 Å². The highest BCUT2D eigenvalue weighted by Crippen LogP contribution is 2.30. The van der Waals surface area contributed by atoms with Crippen LogP contribution in [0.4, 0.5) is 4.39 Å². The molecule has 1 aromatic carbocycles. The van der Waals surface area contributed by atoms with E-state index in [1.807, 2.05) is 19.1 Å². The van der Waals surface area contributed by atoms with Crippen LogP contribution in [0.15, 0.2) is 48.8 Å². The van der Waals surface area contributed by atoms with E-state index in [1.54, 1.807) is 35.5 Å². The van der Waals surface area contributed by atoms with E-state index in [0.717, 1.165) is 22.3 Å². The zero-order chi connectivity index (χ0) is 20.7. The van der Waals surface area contributed by atoms with Crippen molar-refractivity contribution in [2.45, 2.75) is 13.0 Å². The van der Waals surface area contributed by atoms with Gasteiger partial charge >= 0.3 is 0 Å². The van der Waals surface area contributed by atoms with Gasteiger partial charge in [-0.05, 0) is 25.1 Å². The lowest BCUT2D eigenvalue weighted by Crippen LogP contribution is -2.43. The second-order valence-corrected chi connectivity index (χ2v) is 7.31. The number of fused-ring (bicyclic) bond motifs is 1. The number of rotatable bonds is 3. The predicted octanol–water partition coefficient (Wildman–Crippen LogP) is 3.61. The van der Waals surface area contributed by atoms with Crippen LogP contribution in [0.3, 0.4) is 0 Å². The average molecular weight is 405 g/mol. The van der Waals surface area contributed by atoms with Gasteiger partial charge in [0.05, 0.1) is 36.7 Å². The molecule has 5 rings (SSSR count). The summed E-state index contributed by atoms with van der Waals surface area (Å²) in [7, 11) is 0. The van der Waals surface area contributed by atoms with Crippen molar-refractivity contribution in [2.24, 2.45) is 0 Å². The molecule has 0 radical (unpaired) electrons. The Morgan fingerprint density at radius 3 is 2.93 bits per heavy atom. The fraction of sp³-hybridized carbons (Fsp3) is 0.227. The number of nitrogens with one attached hydrogen (secondary N) is 2. The molecule has 30 heavy (non-hydrogen) atoms. The molecule has 1 fully saturated rings. The Bertz CT molecular complexity index is 1230. The van der Waals surface area contributed by atoms with Crippen molar-refractivity contribution in [2.75, 3.05) is 19.8 Å². The van der Waals surface area contributed by atoms with Gasteiger partial charge in [-0.3, -0.25) is 9.89 Å². The number of carbonyl (C=O) groups is 1. The third kappa shape index (κ3) is 3.05. The van der Waals surface area contributed by atoms with Gasteiger partial charge in [0.1, 0.15) is 11.5 Å². The normalized spacial score (nSPS) is 16.9. The van der Waals surface area contributed by atoms with Gasteiger partial charge in [0, 0.05) is 34.9 Å². The minimum atomic E-state index is -0.474. The summed E-state index contributed by atoms with van der Waals surface area (Å²) in [6.07, 6.45) is 3.39. The molecule has 1 atom stereocenters. The molecule has 1 aliphatic heterocycles. The zero-order valence-corrected chi connectivity index (χ0v) is 16.4. The van der Waals surface area contributed by atoms with E-state index in [9.17, 15) is 9.18 Å². The number of aromatic amines is 2. The van der Waals surface area contributed by atoms with Gasteiger partial charge in [-0.25, -0.2) is 9.37 Å².